The number of rotatable bonds is 2. The second-order valence-electron chi connectivity index (χ2n) is 5.29. The Bertz CT molecular complexity index is 669. The van der Waals surface area contributed by atoms with E-state index in [9.17, 15) is 17.6 Å². The van der Waals surface area contributed by atoms with Crippen molar-refractivity contribution in [3.8, 4) is 0 Å². The average Bonchev–Trinajstić information content (AvgIpc) is 3.03. The Morgan fingerprint density at radius 2 is 2.14 bits per heavy atom. The molecule has 1 saturated heterocycles. The van der Waals surface area contributed by atoms with Crippen LogP contribution in [0.25, 0.3) is 11.0 Å². The predicted octanol–water partition coefficient (Wildman–Crippen LogP) is 2.99. The van der Waals surface area contributed by atoms with E-state index in [1.807, 2.05) is 0 Å². The highest BCUT2D eigenvalue weighted by atomic mass is 19.4. The highest BCUT2D eigenvalue weighted by molar-refractivity contribution is 5.77. The Hall–Kier alpha value is -1.63. The van der Waals surface area contributed by atoms with Gasteiger partial charge in [-0.15, -0.1) is 0 Å². The van der Waals surface area contributed by atoms with Crippen LogP contribution in [0.2, 0.25) is 0 Å². The molecule has 3 nitrogen and oxygen atoms in total. The van der Waals surface area contributed by atoms with Crippen molar-refractivity contribution in [2.75, 3.05) is 13.1 Å². The molecule has 1 aromatic heterocycles. The molecular formula is C14H15F4N3. The number of alkyl halides is 3. The van der Waals surface area contributed by atoms with Gasteiger partial charge in [0, 0.05) is 13.1 Å². The van der Waals surface area contributed by atoms with E-state index in [1.54, 1.807) is 13.0 Å². The summed E-state index contributed by atoms with van der Waals surface area (Å²) < 4.78 is 56.3. The second kappa shape index (κ2) is 4.69. The van der Waals surface area contributed by atoms with Gasteiger partial charge >= 0.3 is 6.18 Å². The number of nitrogens with zero attached hydrogens (tertiary/aromatic N) is 2. The van der Waals surface area contributed by atoms with Crippen molar-refractivity contribution in [2.24, 2.45) is 0 Å². The molecule has 21 heavy (non-hydrogen) atoms. The number of hydrogen-bond donors (Lipinski definition) is 1. The number of aryl methyl sites for hydroxylation is 1. The van der Waals surface area contributed by atoms with Gasteiger partial charge in [-0.25, -0.2) is 9.37 Å². The molecule has 0 bridgehead atoms. The summed E-state index contributed by atoms with van der Waals surface area (Å²) in [5.74, 6) is -0.688. The Balaban J connectivity index is 2.30. The molecule has 0 aliphatic carbocycles. The highest BCUT2D eigenvalue weighted by Gasteiger charge is 2.60. The number of nitrogens with one attached hydrogen (secondary N) is 1. The van der Waals surface area contributed by atoms with E-state index in [4.69, 9.17) is 0 Å². The summed E-state index contributed by atoms with van der Waals surface area (Å²) in [6.07, 6.45) is -4.51. The fourth-order valence-corrected chi connectivity index (χ4v) is 3.05. The lowest BCUT2D eigenvalue weighted by Gasteiger charge is -2.30. The number of benzene rings is 1. The van der Waals surface area contributed by atoms with Gasteiger partial charge in [0.05, 0.1) is 5.52 Å². The minimum atomic E-state index is -4.43. The lowest BCUT2D eigenvalue weighted by molar-refractivity contribution is -0.187. The molecular weight excluding hydrogens is 286 g/mol. The van der Waals surface area contributed by atoms with Crippen molar-refractivity contribution in [3.63, 3.8) is 0 Å². The van der Waals surface area contributed by atoms with Gasteiger partial charge in [-0.1, -0.05) is 6.07 Å². The van der Waals surface area contributed by atoms with Gasteiger partial charge in [-0.3, -0.25) is 0 Å². The van der Waals surface area contributed by atoms with E-state index < -0.39 is 17.4 Å². The molecule has 1 unspecified atom stereocenters. The molecule has 3 rings (SSSR count). The second-order valence-corrected chi connectivity index (χ2v) is 5.29. The maximum absolute atomic E-state index is 13.9. The van der Waals surface area contributed by atoms with Crippen molar-refractivity contribution in [2.45, 2.75) is 31.5 Å². The Kier molecular flexibility index (Phi) is 3.20. The van der Waals surface area contributed by atoms with E-state index >= 15 is 0 Å². The first-order valence-electron chi connectivity index (χ1n) is 6.83. The topological polar surface area (TPSA) is 29.9 Å². The molecule has 1 aliphatic rings. The molecule has 1 aromatic carbocycles. The largest absolute Gasteiger partial charge is 0.402 e. The van der Waals surface area contributed by atoms with E-state index in [0.717, 1.165) is 0 Å². The monoisotopic (exact) mass is 301 g/mol. The number of hydrogen-bond acceptors (Lipinski definition) is 2. The summed E-state index contributed by atoms with van der Waals surface area (Å²) in [6, 6.07) is 4.31. The first kappa shape index (κ1) is 14.3. The Morgan fingerprint density at radius 1 is 1.38 bits per heavy atom. The lowest BCUT2D eigenvalue weighted by Crippen LogP contribution is -2.46. The van der Waals surface area contributed by atoms with Crippen molar-refractivity contribution in [1.82, 2.24) is 14.9 Å². The van der Waals surface area contributed by atoms with E-state index in [0.29, 0.717) is 12.1 Å². The highest BCUT2D eigenvalue weighted by Crippen LogP contribution is 2.45. The Labute approximate surface area is 119 Å². The third kappa shape index (κ3) is 1.94. The van der Waals surface area contributed by atoms with Gasteiger partial charge < -0.3 is 9.88 Å². The molecule has 2 heterocycles. The number of imidazole rings is 1. The quantitative estimate of drug-likeness (QED) is 0.864. The zero-order valence-corrected chi connectivity index (χ0v) is 11.5. The Morgan fingerprint density at radius 3 is 2.71 bits per heavy atom. The SMILES string of the molecule is CCn1c(C2(C(F)(F)F)CCNC2)nc2c(F)cccc21. The average molecular weight is 301 g/mol. The fraction of sp³-hybridized carbons (Fsp3) is 0.500. The molecule has 1 atom stereocenters. The third-order valence-corrected chi connectivity index (χ3v) is 4.17. The summed E-state index contributed by atoms with van der Waals surface area (Å²) in [5.41, 5.74) is -1.64. The summed E-state index contributed by atoms with van der Waals surface area (Å²) in [5, 5.41) is 2.76. The first-order valence-corrected chi connectivity index (χ1v) is 6.83. The molecule has 2 aromatic rings. The van der Waals surface area contributed by atoms with Gasteiger partial charge in [-0.05, 0) is 32.0 Å². The minimum Gasteiger partial charge on any atom is -0.327 e. The summed E-state index contributed by atoms with van der Waals surface area (Å²) in [4.78, 5) is 4.03. The van der Waals surface area contributed by atoms with Crippen LogP contribution in [0.3, 0.4) is 0 Å². The molecule has 0 radical (unpaired) electrons. The van der Waals surface area contributed by atoms with Crippen molar-refractivity contribution >= 4 is 11.0 Å². The van der Waals surface area contributed by atoms with E-state index in [-0.39, 0.29) is 30.9 Å². The number of para-hydroxylation sites is 1. The van der Waals surface area contributed by atoms with E-state index in [1.165, 1.54) is 16.7 Å². The molecule has 114 valence electrons. The molecule has 0 spiro atoms. The number of halogens is 4. The molecule has 7 heteroatoms. The van der Waals surface area contributed by atoms with Crippen LogP contribution in [0.4, 0.5) is 17.6 Å². The van der Waals surface area contributed by atoms with Gasteiger partial charge in [0.1, 0.15) is 16.8 Å². The lowest BCUT2D eigenvalue weighted by atomic mass is 9.85. The molecule has 0 saturated carbocycles. The van der Waals surface area contributed by atoms with Crippen LogP contribution in [0.1, 0.15) is 19.2 Å². The zero-order valence-electron chi connectivity index (χ0n) is 11.5. The fourth-order valence-electron chi connectivity index (χ4n) is 3.05. The molecule has 1 aliphatic heterocycles. The normalized spacial score (nSPS) is 23.1. The molecule has 0 amide bonds. The van der Waals surface area contributed by atoms with Crippen LogP contribution in [0.15, 0.2) is 18.2 Å². The van der Waals surface area contributed by atoms with Crippen molar-refractivity contribution in [3.05, 3.63) is 29.8 Å². The number of aromatic nitrogens is 2. The van der Waals surface area contributed by atoms with Crippen LogP contribution < -0.4 is 5.32 Å². The summed E-state index contributed by atoms with van der Waals surface area (Å²) in [6.45, 7) is 2.10. The van der Waals surface area contributed by atoms with Gasteiger partial charge in [-0.2, -0.15) is 13.2 Å². The zero-order chi connectivity index (χ0) is 15.3. The predicted molar refractivity (Wildman–Crippen MR) is 70.6 cm³/mol. The first-order chi connectivity index (χ1) is 9.90. The van der Waals surface area contributed by atoms with Crippen LogP contribution in [-0.4, -0.2) is 28.8 Å². The van der Waals surface area contributed by atoms with Gasteiger partial charge in [0.25, 0.3) is 0 Å². The molecule has 1 N–H and O–H groups in total. The maximum atomic E-state index is 13.9. The van der Waals surface area contributed by atoms with E-state index in [2.05, 4.69) is 10.3 Å². The summed E-state index contributed by atoms with van der Waals surface area (Å²) in [7, 11) is 0. The van der Waals surface area contributed by atoms with Crippen LogP contribution in [0.5, 0.6) is 0 Å². The standard InChI is InChI=1S/C14H15F4N3/c1-2-21-10-5-3-4-9(15)11(10)20-12(21)13(14(16,17)18)6-7-19-8-13/h3-5,19H,2,6-8H2,1H3. The smallest absolute Gasteiger partial charge is 0.327 e. The van der Waals surface area contributed by atoms with Crippen LogP contribution >= 0.6 is 0 Å². The third-order valence-electron chi connectivity index (χ3n) is 4.17. The van der Waals surface area contributed by atoms with Crippen molar-refractivity contribution in [1.29, 1.82) is 0 Å². The van der Waals surface area contributed by atoms with Crippen LogP contribution in [0, 0.1) is 5.82 Å². The summed E-state index contributed by atoms with van der Waals surface area (Å²) >= 11 is 0. The minimum absolute atomic E-state index is 0.00451. The maximum Gasteiger partial charge on any atom is 0.402 e. The molecule has 1 fully saturated rings. The number of fused-ring (bicyclic) bond motifs is 1. The van der Waals surface area contributed by atoms with Crippen molar-refractivity contribution < 1.29 is 17.6 Å². The van der Waals surface area contributed by atoms with Gasteiger partial charge in [0.2, 0.25) is 0 Å². The van der Waals surface area contributed by atoms with Crippen LogP contribution in [-0.2, 0) is 12.0 Å². The van der Waals surface area contributed by atoms with Gasteiger partial charge in [0.15, 0.2) is 5.82 Å².